The van der Waals surface area contributed by atoms with Crippen LogP contribution in [-0.4, -0.2) is 32.4 Å². The largest absolute Gasteiger partial charge is 0.493 e. The summed E-state index contributed by atoms with van der Waals surface area (Å²) in [6, 6.07) is 12.6. The summed E-state index contributed by atoms with van der Waals surface area (Å²) in [5, 5.41) is 4.79. The van der Waals surface area contributed by atoms with Gasteiger partial charge < -0.3 is 18.6 Å². The Labute approximate surface area is 169 Å². The summed E-state index contributed by atoms with van der Waals surface area (Å²) in [7, 11) is 1.55. The average Bonchev–Trinajstić information content (AvgIpc) is 3.18. The van der Waals surface area contributed by atoms with Crippen molar-refractivity contribution >= 4 is 23.1 Å². The van der Waals surface area contributed by atoms with Crippen molar-refractivity contribution in [2.24, 2.45) is 5.10 Å². The molecule has 0 unspecified atom stereocenters. The highest BCUT2D eigenvalue weighted by atomic mass is 16.5. The molecular formula is C22H24N2O5. The van der Waals surface area contributed by atoms with Crippen LogP contribution in [0.4, 0.5) is 0 Å². The molecule has 0 aliphatic carbocycles. The predicted octanol–water partition coefficient (Wildman–Crippen LogP) is 4.39. The van der Waals surface area contributed by atoms with E-state index >= 15 is 0 Å². The molecule has 7 heteroatoms. The van der Waals surface area contributed by atoms with E-state index in [2.05, 4.69) is 10.5 Å². The van der Waals surface area contributed by atoms with Crippen LogP contribution in [0.1, 0.15) is 36.4 Å². The molecule has 1 heterocycles. The highest BCUT2D eigenvalue weighted by Crippen LogP contribution is 2.29. The van der Waals surface area contributed by atoms with Crippen LogP contribution >= 0.6 is 0 Å². The minimum atomic E-state index is -0.451. The lowest BCUT2D eigenvalue weighted by Gasteiger charge is -2.11. The monoisotopic (exact) mass is 396 g/mol. The molecule has 0 saturated carbocycles. The average molecular weight is 396 g/mol. The topological polar surface area (TPSA) is 82.3 Å². The molecule has 0 saturated heterocycles. The number of rotatable bonds is 9. The van der Waals surface area contributed by atoms with Crippen LogP contribution in [0.25, 0.3) is 11.0 Å². The number of ether oxygens (including phenoxy) is 3. The fraction of sp³-hybridized carbons (Fsp3) is 0.273. The van der Waals surface area contributed by atoms with Gasteiger partial charge in [-0.15, -0.1) is 0 Å². The summed E-state index contributed by atoms with van der Waals surface area (Å²) in [4.78, 5) is 12.3. The van der Waals surface area contributed by atoms with Crippen LogP contribution in [0.15, 0.2) is 52.0 Å². The van der Waals surface area contributed by atoms with E-state index in [1.54, 1.807) is 19.2 Å². The number of hydrazone groups is 1. The maximum Gasteiger partial charge on any atom is 0.307 e. The molecule has 3 aromatic rings. The van der Waals surface area contributed by atoms with Crippen molar-refractivity contribution in [3.63, 3.8) is 0 Å². The van der Waals surface area contributed by atoms with Crippen molar-refractivity contribution in [1.29, 1.82) is 0 Å². The number of nitrogens with one attached hydrogen (secondary N) is 1. The van der Waals surface area contributed by atoms with Crippen molar-refractivity contribution in [1.82, 2.24) is 5.43 Å². The third kappa shape index (κ3) is 4.87. The molecule has 0 aliphatic heterocycles. The molecule has 7 nitrogen and oxygen atoms in total. The van der Waals surface area contributed by atoms with Crippen molar-refractivity contribution in [3.05, 3.63) is 53.8 Å². The Bertz CT molecular complexity index is 1010. The van der Waals surface area contributed by atoms with Gasteiger partial charge in [0.2, 0.25) is 0 Å². The summed E-state index contributed by atoms with van der Waals surface area (Å²) in [5.41, 5.74) is 3.76. The van der Waals surface area contributed by atoms with Gasteiger partial charge in [0, 0.05) is 5.39 Å². The Balaban J connectivity index is 1.70. The van der Waals surface area contributed by atoms with Crippen molar-refractivity contribution in [2.75, 3.05) is 20.3 Å². The Hall–Kier alpha value is -3.48. The molecule has 152 valence electrons. The standard InChI is InChI=1S/C22H24N2O5/c1-4-11-28-17-10-9-15(12-19(17)27-5-2)14-23-24-22(25)20-13-16-7-6-8-18(26-3)21(16)29-20/h6-10,12-14H,4-5,11H2,1-3H3,(H,24,25)/b23-14-. The smallest absolute Gasteiger partial charge is 0.307 e. The first-order valence-electron chi connectivity index (χ1n) is 9.45. The molecule has 3 rings (SSSR count). The zero-order valence-electron chi connectivity index (χ0n) is 16.7. The SMILES string of the molecule is CCCOc1ccc(/C=N\NC(=O)c2cc3cccc(OC)c3o2)cc1OCC. The lowest BCUT2D eigenvalue weighted by Crippen LogP contribution is -2.16. The van der Waals surface area contributed by atoms with Gasteiger partial charge in [0.05, 0.1) is 26.5 Å². The Morgan fingerprint density at radius 3 is 2.72 bits per heavy atom. The fourth-order valence-corrected chi connectivity index (χ4v) is 2.73. The van der Waals surface area contributed by atoms with Crippen LogP contribution < -0.4 is 19.6 Å². The van der Waals surface area contributed by atoms with E-state index in [1.165, 1.54) is 6.21 Å². The highest BCUT2D eigenvalue weighted by Gasteiger charge is 2.14. The van der Waals surface area contributed by atoms with Crippen LogP contribution in [-0.2, 0) is 0 Å². The molecule has 0 bridgehead atoms. The summed E-state index contributed by atoms with van der Waals surface area (Å²) < 4.78 is 22.2. The number of amides is 1. The molecule has 29 heavy (non-hydrogen) atoms. The first-order valence-corrected chi connectivity index (χ1v) is 9.45. The number of furan rings is 1. The van der Waals surface area contributed by atoms with Crippen LogP contribution in [0.2, 0.25) is 0 Å². The first kappa shape index (κ1) is 20.3. The maximum absolute atomic E-state index is 12.3. The van der Waals surface area contributed by atoms with E-state index in [0.717, 1.165) is 17.4 Å². The van der Waals surface area contributed by atoms with Gasteiger partial charge in [0.25, 0.3) is 0 Å². The summed E-state index contributed by atoms with van der Waals surface area (Å²) in [5.74, 6) is 1.60. The second kappa shape index (κ2) is 9.64. The second-order valence-corrected chi connectivity index (χ2v) is 6.18. The number of carbonyl (C=O) groups excluding carboxylic acids is 1. The van der Waals surface area contributed by atoms with Crippen molar-refractivity contribution in [3.8, 4) is 17.2 Å². The van der Waals surface area contributed by atoms with Crippen LogP contribution in [0.3, 0.4) is 0 Å². The predicted molar refractivity (Wildman–Crippen MR) is 111 cm³/mol. The number of hydrogen-bond donors (Lipinski definition) is 1. The summed E-state index contributed by atoms with van der Waals surface area (Å²) in [6.07, 6.45) is 2.45. The van der Waals surface area contributed by atoms with Crippen LogP contribution in [0, 0.1) is 0 Å². The number of methoxy groups -OCH3 is 1. The van der Waals surface area contributed by atoms with Gasteiger partial charge in [0.15, 0.2) is 28.6 Å². The molecule has 0 fully saturated rings. The number of carbonyl (C=O) groups is 1. The molecule has 0 spiro atoms. The van der Waals surface area contributed by atoms with E-state index < -0.39 is 5.91 Å². The van der Waals surface area contributed by atoms with Crippen molar-refractivity contribution < 1.29 is 23.4 Å². The fourth-order valence-electron chi connectivity index (χ4n) is 2.73. The van der Waals surface area contributed by atoms with Gasteiger partial charge in [-0.05, 0) is 49.2 Å². The number of hydrogen-bond acceptors (Lipinski definition) is 6. The van der Waals surface area contributed by atoms with E-state index in [-0.39, 0.29) is 5.76 Å². The lowest BCUT2D eigenvalue weighted by atomic mass is 10.2. The van der Waals surface area contributed by atoms with Gasteiger partial charge in [-0.25, -0.2) is 5.43 Å². The zero-order valence-corrected chi connectivity index (χ0v) is 16.7. The van der Waals surface area contributed by atoms with Gasteiger partial charge >= 0.3 is 5.91 Å². The summed E-state index contributed by atoms with van der Waals surface area (Å²) in [6.45, 7) is 5.09. The quantitative estimate of drug-likeness (QED) is 0.428. The van der Waals surface area contributed by atoms with E-state index in [4.69, 9.17) is 18.6 Å². The highest BCUT2D eigenvalue weighted by molar-refractivity contribution is 5.97. The van der Waals surface area contributed by atoms with Crippen LogP contribution in [0.5, 0.6) is 17.2 Å². The first-order chi connectivity index (χ1) is 14.2. The van der Waals surface area contributed by atoms with Gasteiger partial charge in [-0.1, -0.05) is 19.1 Å². The Morgan fingerprint density at radius 1 is 1.10 bits per heavy atom. The van der Waals surface area contributed by atoms with Gasteiger partial charge in [0.1, 0.15) is 0 Å². The third-order valence-electron chi connectivity index (χ3n) is 4.06. The molecule has 2 aromatic carbocycles. The molecular weight excluding hydrogens is 372 g/mol. The third-order valence-corrected chi connectivity index (χ3v) is 4.06. The van der Waals surface area contributed by atoms with E-state index in [1.807, 2.05) is 44.2 Å². The van der Waals surface area contributed by atoms with Gasteiger partial charge in [-0.2, -0.15) is 5.10 Å². The Kier molecular flexibility index (Phi) is 6.73. The molecule has 0 aliphatic rings. The molecule has 1 amide bonds. The maximum atomic E-state index is 12.3. The molecule has 0 atom stereocenters. The molecule has 1 N–H and O–H groups in total. The minimum Gasteiger partial charge on any atom is -0.493 e. The van der Waals surface area contributed by atoms with E-state index in [9.17, 15) is 4.79 Å². The number of benzene rings is 2. The van der Waals surface area contributed by atoms with Gasteiger partial charge in [-0.3, -0.25) is 4.79 Å². The summed E-state index contributed by atoms with van der Waals surface area (Å²) >= 11 is 0. The number of para-hydroxylation sites is 1. The Morgan fingerprint density at radius 2 is 1.97 bits per heavy atom. The van der Waals surface area contributed by atoms with E-state index in [0.29, 0.717) is 36.0 Å². The second-order valence-electron chi connectivity index (χ2n) is 6.18. The number of nitrogens with zero attached hydrogens (tertiary/aromatic N) is 1. The normalized spacial score (nSPS) is 11.0. The molecule has 0 radical (unpaired) electrons. The zero-order chi connectivity index (χ0) is 20.6. The molecule has 1 aromatic heterocycles. The lowest BCUT2D eigenvalue weighted by molar-refractivity contribution is 0.0929. The minimum absolute atomic E-state index is 0.153. The van der Waals surface area contributed by atoms with Crippen molar-refractivity contribution in [2.45, 2.75) is 20.3 Å². The number of fused-ring (bicyclic) bond motifs is 1.